The van der Waals surface area contributed by atoms with Gasteiger partial charge in [-0.15, -0.1) is 0 Å². The average molecular weight is 373 g/mol. The summed E-state index contributed by atoms with van der Waals surface area (Å²) in [5.41, 5.74) is 0. The van der Waals surface area contributed by atoms with E-state index in [0.717, 1.165) is 47.3 Å². The van der Waals surface area contributed by atoms with Gasteiger partial charge in [-0.2, -0.15) is 0 Å². The largest absolute Gasteiger partial charge is 0.0651 e. The topological polar surface area (TPSA) is 0 Å². The molecule has 6 unspecified atom stereocenters. The standard InChI is InChI=1S/C27H48/c1-3-22-23(11-5-4-10-21-18-16-20(2)17-19-21)25-14-8-9-15-27(25)26-13-7-6-12-24(22)26/h20-27H,3-19H2,1-2H3. The molecule has 0 N–H and O–H groups in total. The molecule has 0 aromatic heterocycles. The molecular formula is C27H48. The lowest BCUT2D eigenvalue weighted by Crippen LogP contribution is -2.48. The van der Waals surface area contributed by atoms with Gasteiger partial charge in [0, 0.05) is 0 Å². The smallest absolute Gasteiger partial charge is 0.0352 e. The summed E-state index contributed by atoms with van der Waals surface area (Å²) in [6, 6.07) is 0. The van der Waals surface area contributed by atoms with Gasteiger partial charge in [-0.3, -0.25) is 0 Å². The first kappa shape index (κ1) is 20.3. The zero-order valence-corrected chi connectivity index (χ0v) is 18.6. The number of hydrogen-bond donors (Lipinski definition) is 0. The predicted octanol–water partition coefficient (Wildman–Crippen LogP) is 8.64. The van der Waals surface area contributed by atoms with Crippen LogP contribution < -0.4 is 0 Å². The molecule has 4 rings (SSSR count). The molecule has 0 aliphatic heterocycles. The van der Waals surface area contributed by atoms with E-state index in [0.29, 0.717) is 0 Å². The third-order valence-corrected chi connectivity index (χ3v) is 9.96. The van der Waals surface area contributed by atoms with Crippen LogP contribution in [0, 0.1) is 47.3 Å². The molecule has 0 spiro atoms. The second-order valence-electron chi connectivity index (χ2n) is 11.4. The van der Waals surface area contributed by atoms with E-state index >= 15 is 0 Å². The van der Waals surface area contributed by atoms with Crippen molar-refractivity contribution in [3.05, 3.63) is 0 Å². The van der Waals surface area contributed by atoms with Crippen molar-refractivity contribution in [2.24, 2.45) is 47.3 Å². The number of hydrogen-bond acceptors (Lipinski definition) is 0. The van der Waals surface area contributed by atoms with E-state index in [4.69, 9.17) is 0 Å². The maximum atomic E-state index is 2.54. The SMILES string of the molecule is CCC1C2CCCCC2C2CCCCC2C1CCCCC1CCC(C)CC1. The Labute approximate surface area is 170 Å². The molecule has 4 saturated carbocycles. The van der Waals surface area contributed by atoms with E-state index in [-0.39, 0.29) is 0 Å². The van der Waals surface area contributed by atoms with Crippen LogP contribution in [-0.4, -0.2) is 0 Å². The molecule has 4 aliphatic rings. The van der Waals surface area contributed by atoms with Gasteiger partial charge in [0.15, 0.2) is 0 Å². The Morgan fingerprint density at radius 1 is 0.556 bits per heavy atom. The molecule has 0 aromatic rings. The summed E-state index contributed by atoms with van der Waals surface area (Å²) in [7, 11) is 0. The van der Waals surface area contributed by atoms with E-state index in [9.17, 15) is 0 Å². The lowest BCUT2D eigenvalue weighted by Gasteiger charge is -2.56. The van der Waals surface area contributed by atoms with Gasteiger partial charge >= 0.3 is 0 Å². The van der Waals surface area contributed by atoms with E-state index in [1.807, 2.05) is 0 Å². The normalized spacial score (nSPS) is 45.1. The summed E-state index contributed by atoms with van der Waals surface area (Å²) in [5, 5.41) is 0. The van der Waals surface area contributed by atoms with Crippen LogP contribution in [-0.2, 0) is 0 Å². The zero-order valence-electron chi connectivity index (χ0n) is 18.6. The van der Waals surface area contributed by atoms with Crippen molar-refractivity contribution in [1.82, 2.24) is 0 Å². The molecule has 0 aromatic carbocycles. The van der Waals surface area contributed by atoms with Crippen molar-refractivity contribution in [3.63, 3.8) is 0 Å². The molecule has 27 heavy (non-hydrogen) atoms. The van der Waals surface area contributed by atoms with E-state index in [1.54, 1.807) is 70.6 Å². The Kier molecular flexibility index (Phi) is 7.26. The summed E-state index contributed by atoms with van der Waals surface area (Å²) in [6.45, 7) is 5.00. The third kappa shape index (κ3) is 4.61. The molecule has 6 atom stereocenters. The van der Waals surface area contributed by atoms with Gasteiger partial charge in [-0.1, -0.05) is 90.9 Å². The highest BCUT2D eigenvalue weighted by molar-refractivity contribution is 4.99. The fraction of sp³-hybridized carbons (Fsp3) is 1.00. The van der Waals surface area contributed by atoms with Gasteiger partial charge in [-0.05, 0) is 79.4 Å². The molecular weight excluding hydrogens is 324 g/mol. The minimum absolute atomic E-state index is 1.01. The molecule has 0 amide bonds. The maximum Gasteiger partial charge on any atom is -0.0352 e. The number of rotatable bonds is 6. The molecule has 156 valence electrons. The molecule has 0 radical (unpaired) electrons. The molecule has 4 fully saturated rings. The second kappa shape index (κ2) is 9.67. The molecule has 0 heteroatoms. The van der Waals surface area contributed by atoms with Gasteiger partial charge in [-0.25, -0.2) is 0 Å². The first-order chi connectivity index (χ1) is 13.3. The van der Waals surface area contributed by atoms with Crippen LogP contribution in [0.15, 0.2) is 0 Å². The number of unbranched alkanes of at least 4 members (excludes halogenated alkanes) is 1. The van der Waals surface area contributed by atoms with E-state index in [1.165, 1.54) is 38.5 Å². The van der Waals surface area contributed by atoms with Crippen molar-refractivity contribution in [1.29, 1.82) is 0 Å². The molecule has 0 heterocycles. The highest BCUT2D eigenvalue weighted by atomic mass is 14.5. The Hall–Kier alpha value is 0. The Balaban J connectivity index is 1.33. The van der Waals surface area contributed by atoms with Crippen molar-refractivity contribution >= 4 is 0 Å². The quantitative estimate of drug-likeness (QED) is 0.409. The first-order valence-corrected chi connectivity index (χ1v) is 13.3. The highest BCUT2D eigenvalue weighted by Crippen LogP contribution is 2.58. The summed E-state index contributed by atoms with van der Waals surface area (Å²) in [4.78, 5) is 0. The lowest BCUT2D eigenvalue weighted by atomic mass is 9.49. The van der Waals surface area contributed by atoms with Crippen LogP contribution in [0.25, 0.3) is 0 Å². The lowest BCUT2D eigenvalue weighted by molar-refractivity contribution is -0.0666. The van der Waals surface area contributed by atoms with Crippen molar-refractivity contribution in [2.75, 3.05) is 0 Å². The van der Waals surface area contributed by atoms with Crippen LogP contribution in [0.5, 0.6) is 0 Å². The summed E-state index contributed by atoms with van der Waals surface area (Å²) in [5.74, 6) is 8.80. The molecule has 4 aliphatic carbocycles. The van der Waals surface area contributed by atoms with Crippen molar-refractivity contribution < 1.29 is 0 Å². The number of fused-ring (bicyclic) bond motifs is 3. The fourth-order valence-electron chi connectivity index (χ4n) is 8.60. The predicted molar refractivity (Wildman–Crippen MR) is 118 cm³/mol. The van der Waals surface area contributed by atoms with Gasteiger partial charge in [0.05, 0.1) is 0 Å². The van der Waals surface area contributed by atoms with Gasteiger partial charge < -0.3 is 0 Å². The van der Waals surface area contributed by atoms with Crippen LogP contribution >= 0.6 is 0 Å². The van der Waals surface area contributed by atoms with E-state index in [2.05, 4.69) is 13.8 Å². The van der Waals surface area contributed by atoms with E-state index < -0.39 is 0 Å². The van der Waals surface area contributed by atoms with Crippen molar-refractivity contribution in [2.45, 2.75) is 123 Å². The van der Waals surface area contributed by atoms with Gasteiger partial charge in [0.25, 0.3) is 0 Å². The minimum atomic E-state index is 1.01. The maximum absolute atomic E-state index is 2.54. The summed E-state index contributed by atoms with van der Waals surface area (Å²) >= 11 is 0. The summed E-state index contributed by atoms with van der Waals surface area (Å²) in [6.07, 6.45) is 26.4. The minimum Gasteiger partial charge on any atom is -0.0651 e. The highest BCUT2D eigenvalue weighted by Gasteiger charge is 2.49. The molecule has 0 saturated heterocycles. The van der Waals surface area contributed by atoms with Gasteiger partial charge in [0.2, 0.25) is 0 Å². The monoisotopic (exact) mass is 372 g/mol. The van der Waals surface area contributed by atoms with Crippen LogP contribution in [0.1, 0.15) is 123 Å². The Morgan fingerprint density at radius 3 is 1.67 bits per heavy atom. The average Bonchev–Trinajstić information content (AvgIpc) is 2.72. The summed E-state index contributed by atoms with van der Waals surface area (Å²) < 4.78 is 0. The Bertz CT molecular complexity index is 417. The van der Waals surface area contributed by atoms with Crippen LogP contribution in [0.2, 0.25) is 0 Å². The second-order valence-corrected chi connectivity index (χ2v) is 11.4. The first-order valence-electron chi connectivity index (χ1n) is 13.3. The zero-order chi connectivity index (χ0) is 18.6. The van der Waals surface area contributed by atoms with Gasteiger partial charge in [0.1, 0.15) is 0 Å². The van der Waals surface area contributed by atoms with Crippen LogP contribution in [0.4, 0.5) is 0 Å². The molecule has 0 nitrogen and oxygen atoms in total. The van der Waals surface area contributed by atoms with Crippen molar-refractivity contribution in [3.8, 4) is 0 Å². The third-order valence-electron chi connectivity index (χ3n) is 9.96. The molecule has 0 bridgehead atoms. The fourth-order valence-corrected chi connectivity index (χ4v) is 8.60. The van der Waals surface area contributed by atoms with Crippen LogP contribution in [0.3, 0.4) is 0 Å². The Morgan fingerprint density at radius 2 is 1.07 bits per heavy atom.